The van der Waals surface area contributed by atoms with E-state index in [1.165, 1.54) is 13.3 Å². The molecule has 0 radical (unpaired) electrons. The number of rotatable bonds is 11. The van der Waals surface area contributed by atoms with Crippen molar-refractivity contribution in [2.75, 3.05) is 7.11 Å². The SMILES string of the molecule is CC[C@H](C)Oc1c(OC)cc(/C=N/NC(=O)c2ccc(COc3ccc(-n4c(C)ccc4C)cc3)o2)c(Br)c1Cl. The Balaban J connectivity index is 1.35. The number of methoxy groups -OCH3 is 1. The minimum Gasteiger partial charge on any atom is -0.493 e. The standard InChI is InChI=1S/C30H31BrClN3O5/c1-6-20(4)39-29-26(37-5)15-21(27(31)28(29)32)16-33-34-30(36)25-14-13-24(40-25)17-38-23-11-9-22(10-12-23)35-18(2)7-8-19(35)3/h7-16,20H,6,17H2,1-5H3,(H,34,36)/b33-16+/t20-/m0/s1. The number of nitrogens with one attached hydrogen (secondary N) is 1. The van der Waals surface area contributed by atoms with Crippen LogP contribution in [-0.2, 0) is 6.61 Å². The number of hydrazone groups is 1. The highest BCUT2D eigenvalue weighted by Crippen LogP contribution is 2.42. The molecule has 0 saturated heterocycles. The molecule has 0 saturated carbocycles. The highest BCUT2D eigenvalue weighted by molar-refractivity contribution is 9.10. The minimum absolute atomic E-state index is 0.0370. The van der Waals surface area contributed by atoms with E-state index in [1.807, 2.05) is 38.1 Å². The first-order valence-electron chi connectivity index (χ1n) is 12.7. The van der Waals surface area contributed by atoms with Crippen molar-refractivity contribution in [2.24, 2.45) is 5.10 Å². The number of hydrogen-bond acceptors (Lipinski definition) is 6. The van der Waals surface area contributed by atoms with Gasteiger partial charge in [-0.05, 0) is 97.7 Å². The van der Waals surface area contributed by atoms with E-state index in [0.29, 0.717) is 38.1 Å². The van der Waals surface area contributed by atoms with E-state index >= 15 is 0 Å². The van der Waals surface area contributed by atoms with Crippen LogP contribution in [0.1, 0.15) is 53.5 Å². The van der Waals surface area contributed by atoms with Gasteiger partial charge in [0.05, 0.1) is 19.4 Å². The Morgan fingerprint density at radius 2 is 1.85 bits per heavy atom. The van der Waals surface area contributed by atoms with Crippen LogP contribution in [0.4, 0.5) is 0 Å². The van der Waals surface area contributed by atoms with E-state index in [0.717, 1.165) is 23.5 Å². The van der Waals surface area contributed by atoms with Crippen molar-refractivity contribution in [2.45, 2.75) is 46.8 Å². The average Bonchev–Trinajstić information content (AvgIpc) is 3.57. The third-order valence-corrected chi connectivity index (χ3v) is 7.72. The van der Waals surface area contributed by atoms with E-state index in [9.17, 15) is 4.79 Å². The summed E-state index contributed by atoms with van der Waals surface area (Å²) in [4.78, 5) is 12.6. The van der Waals surface area contributed by atoms with Crippen molar-refractivity contribution >= 4 is 39.7 Å². The molecule has 0 aliphatic carbocycles. The Morgan fingerprint density at radius 3 is 2.50 bits per heavy atom. The average molecular weight is 629 g/mol. The van der Waals surface area contributed by atoms with E-state index in [-0.39, 0.29) is 18.5 Å². The maximum Gasteiger partial charge on any atom is 0.307 e. The molecule has 0 aliphatic rings. The van der Waals surface area contributed by atoms with Gasteiger partial charge in [0.25, 0.3) is 0 Å². The molecule has 8 nitrogen and oxygen atoms in total. The maximum atomic E-state index is 12.6. The molecule has 1 N–H and O–H groups in total. The first-order chi connectivity index (χ1) is 19.2. The van der Waals surface area contributed by atoms with E-state index in [1.54, 1.807) is 18.2 Å². The number of amides is 1. The quantitative estimate of drug-likeness (QED) is 0.136. The molecule has 40 heavy (non-hydrogen) atoms. The topological polar surface area (TPSA) is 87.2 Å². The van der Waals surface area contributed by atoms with Gasteiger partial charge in [0.1, 0.15) is 23.1 Å². The van der Waals surface area contributed by atoms with Crippen LogP contribution in [-0.4, -0.2) is 29.9 Å². The molecule has 0 fully saturated rings. The molecule has 2 heterocycles. The van der Waals surface area contributed by atoms with Gasteiger partial charge >= 0.3 is 5.91 Å². The zero-order valence-corrected chi connectivity index (χ0v) is 25.3. The van der Waals surface area contributed by atoms with Gasteiger partial charge in [-0.1, -0.05) is 18.5 Å². The van der Waals surface area contributed by atoms with E-state index in [2.05, 4.69) is 57.0 Å². The van der Waals surface area contributed by atoms with E-state index in [4.69, 9.17) is 30.2 Å². The predicted molar refractivity (Wildman–Crippen MR) is 159 cm³/mol. The highest BCUT2D eigenvalue weighted by Gasteiger charge is 2.19. The van der Waals surface area contributed by atoms with Gasteiger partial charge in [-0.3, -0.25) is 4.79 Å². The fourth-order valence-corrected chi connectivity index (χ4v) is 4.60. The summed E-state index contributed by atoms with van der Waals surface area (Å²) in [6.07, 6.45) is 2.23. The summed E-state index contributed by atoms with van der Waals surface area (Å²) < 4.78 is 25.6. The number of carbonyl (C=O) groups is 1. The van der Waals surface area contributed by atoms with Crippen LogP contribution in [0, 0.1) is 13.8 Å². The lowest BCUT2D eigenvalue weighted by Crippen LogP contribution is -2.17. The fraction of sp³-hybridized carbons (Fsp3) is 0.267. The molecular weight excluding hydrogens is 598 g/mol. The fourth-order valence-electron chi connectivity index (χ4n) is 3.96. The molecule has 4 rings (SSSR count). The van der Waals surface area contributed by atoms with Crippen LogP contribution in [0.3, 0.4) is 0 Å². The Labute approximate surface area is 247 Å². The molecule has 0 aliphatic heterocycles. The smallest absolute Gasteiger partial charge is 0.307 e. The molecule has 0 spiro atoms. The van der Waals surface area contributed by atoms with Crippen LogP contribution in [0.2, 0.25) is 5.02 Å². The van der Waals surface area contributed by atoms with Gasteiger partial charge in [0, 0.05) is 27.1 Å². The van der Waals surface area contributed by atoms with Crippen molar-refractivity contribution in [1.82, 2.24) is 9.99 Å². The molecule has 10 heteroatoms. The number of furan rings is 1. The Bertz CT molecular complexity index is 1490. The zero-order valence-electron chi connectivity index (χ0n) is 23.0. The van der Waals surface area contributed by atoms with Crippen LogP contribution < -0.4 is 19.6 Å². The number of halogens is 2. The molecular formula is C30H31BrClN3O5. The maximum absolute atomic E-state index is 12.6. The number of carbonyl (C=O) groups excluding carboxylic acids is 1. The minimum atomic E-state index is -0.504. The molecule has 4 aromatic rings. The first kappa shape index (κ1) is 29.3. The highest BCUT2D eigenvalue weighted by atomic mass is 79.9. The summed E-state index contributed by atoms with van der Waals surface area (Å²) in [5.41, 5.74) is 6.45. The predicted octanol–water partition coefficient (Wildman–Crippen LogP) is 7.63. The summed E-state index contributed by atoms with van der Waals surface area (Å²) in [6, 6.07) is 17.0. The van der Waals surface area contributed by atoms with Crippen LogP contribution in [0.15, 0.2) is 68.6 Å². The molecule has 2 aromatic heterocycles. The summed E-state index contributed by atoms with van der Waals surface area (Å²) >= 11 is 9.99. The summed E-state index contributed by atoms with van der Waals surface area (Å²) in [7, 11) is 1.53. The third kappa shape index (κ3) is 6.71. The Hall–Kier alpha value is -3.69. The van der Waals surface area contributed by atoms with Crippen molar-refractivity contribution in [3.8, 4) is 22.9 Å². The van der Waals surface area contributed by atoms with Crippen LogP contribution >= 0.6 is 27.5 Å². The van der Waals surface area contributed by atoms with Gasteiger partial charge in [-0.15, -0.1) is 0 Å². The number of aromatic nitrogens is 1. The molecule has 2 aromatic carbocycles. The van der Waals surface area contributed by atoms with Crippen LogP contribution in [0.25, 0.3) is 5.69 Å². The second-order valence-corrected chi connectivity index (χ2v) is 10.3. The monoisotopic (exact) mass is 627 g/mol. The second kappa shape index (κ2) is 13.1. The van der Waals surface area contributed by atoms with Crippen molar-refractivity contribution in [3.05, 3.63) is 92.6 Å². The Kier molecular flexibility index (Phi) is 9.60. The lowest BCUT2D eigenvalue weighted by atomic mass is 10.2. The normalized spacial score (nSPS) is 12.0. The summed E-state index contributed by atoms with van der Waals surface area (Å²) in [6.45, 7) is 8.28. The zero-order chi connectivity index (χ0) is 28.8. The number of hydrogen-bond donors (Lipinski definition) is 1. The third-order valence-electron chi connectivity index (χ3n) is 6.27. The molecule has 210 valence electrons. The first-order valence-corrected chi connectivity index (χ1v) is 13.9. The van der Waals surface area contributed by atoms with Crippen molar-refractivity contribution in [3.63, 3.8) is 0 Å². The van der Waals surface area contributed by atoms with Gasteiger partial charge < -0.3 is 23.2 Å². The van der Waals surface area contributed by atoms with Gasteiger partial charge in [0.15, 0.2) is 17.3 Å². The lowest BCUT2D eigenvalue weighted by Gasteiger charge is -2.18. The lowest BCUT2D eigenvalue weighted by molar-refractivity contribution is 0.0923. The Morgan fingerprint density at radius 1 is 1.15 bits per heavy atom. The summed E-state index contributed by atoms with van der Waals surface area (Å²) in [5, 5.41) is 4.40. The second-order valence-electron chi connectivity index (χ2n) is 9.16. The number of ether oxygens (including phenoxy) is 3. The molecule has 1 amide bonds. The largest absolute Gasteiger partial charge is 0.493 e. The van der Waals surface area contributed by atoms with Gasteiger partial charge in [0.2, 0.25) is 0 Å². The van der Waals surface area contributed by atoms with E-state index < -0.39 is 5.91 Å². The van der Waals surface area contributed by atoms with Gasteiger partial charge in [-0.2, -0.15) is 5.10 Å². The number of benzene rings is 2. The molecule has 1 atom stereocenters. The molecule has 0 bridgehead atoms. The van der Waals surface area contributed by atoms with Crippen LogP contribution in [0.5, 0.6) is 17.2 Å². The summed E-state index contributed by atoms with van der Waals surface area (Å²) in [5.74, 6) is 1.71. The molecule has 0 unspecified atom stereocenters. The number of aryl methyl sites for hydroxylation is 2. The van der Waals surface area contributed by atoms with Crippen molar-refractivity contribution < 1.29 is 23.4 Å². The number of nitrogens with zero attached hydrogens (tertiary/aromatic N) is 2. The van der Waals surface area contributed by atoms with Gasteiger partial charge in [-0.25, -0.2) is 5.43 Å². The van der Waals surface area contributed by atoms with Crippen molar-refractivity contribution in [1.29, 1.82) is 0 Å².